The molecule has 0 unspecified atom stereocenters. The number of thiazole rings is 1. The van der Waals surface area contributed by atoms with Crippen molar-refractivity contribution in [2.75, 3.05) is 14.1 Å². The van der Waals surface area contributed by atoms with Crippen molar-refractivity contribution >= 4 is 17.1 Å². The normalized spacial score (nSPS) is 19.5. The van der Waals surface area contributed by atoms with Crippen LogP contribution in [-0.4, -0.2) is 35.3 Å². The molecule has 4 heteroatoms. The predicted molar refractivity (Wildman–Crippen MR) is 70.3 cm³/mol. The van der Waals surface area contributed by atoms with Crippen molar-refractivity contribution in [1.29, 1.82) is 0 Å². The third kappa shape index (κ3) is 2.58. The van der Waals surface area contributed by atoms with E-state index in [2.05, 4.69) is 9.88 Å². The Morgan fingerprint density at radius 3 is 2.65 bits per heavy atom. The molecule has 1 aliphatic rings. The molecule has 0 radical (unpaired) electrons. The molecule has 3 nitrogen and oxygen atoms in total. The number of rotatable bonds is 4. The highest BCUT2D eigenvalue weighted by molar-refractivity contribution is 7.09. The predicted octanol–water partition coefficient (Wildman–Crippen LogP) is 2.52. The van der Waals surface area contributed by atoms with E-state index < -0.39 is 0 Å². The van der Waals surface area contributed by atoms with Crippen LogP contribution >= 0.6 is 11.3 Å². The Morgan fingerprint density at radius 1 is 1.41 bits per heavy atom. The minimum atomic E-state index is -0.220. The summed E-state index contributed by atoms with van der Waals surface area (Å²) in [6.45, 7) is 0. The lowest BCUT2D eigenvalue weighted by Gasteiger charge is -2.41. The molecule has 1 aliphatic carbocycles. The van der Waals surface area contributed by atoms with Gasteiger partial charge in [0.2, 0.25) is 0 Å². The SMILES string of the molecule is CN(C)C1(C(=O)Cc2cncs2)CCCCC1. The second kappa shape index (κ2) is 5.27. The third-order valence-electron chi connectivity index (χ3n) is 3.87. The van der Waals surface area contributed by atoms with Crippen molar-refractivity contribution in [3.05, 3.63) is 16.6 Å². The van der Waals surface area contributed by atoms with Crippen molar-refractivity contribution in [3.8, 4) is 0 Å². The van der Waals surface area contributed by atoms with Gasteiger partial charge in [-0.25, -0.2) is 0 Å². The maximum atomic E-state index is 12.6. The number of carbonyl (C=O) groups excluding carboxylic acids is 1. The molecule has 0 saturated heterocycles. The van der Waals surface area contributed by atoms with Gasteiger partial charge in [0.1, 0.15) is 0 Å². The second-order valence-corrected chi connectivity index (χ2v) is 6.03. The quantitative estimate of drug-likeness (QED) is 0.825. The lowest BCUT2D eigenvalue weighted by atomic mass is 9.76. The van der Waals surface area contributed by atoms with Crippen LogP contribution in [0.3, 0.4) is 0 Å². The first kappa shape index (κ1) is 12.7. The molecule has 0 aliphatic heterocycles. The highest BCUT2D eigenvalue weighted by Gasteiger charge is 2.40. The van der Waals surface area contributed by atoms with Gasteiger partial charge in [-0.05, 0) is 26.9 Å². The summed E-state index contributed by atoms with van der Waals surface area (Å²) in [6, 6.07) is 0. The summed E-state index contributed by atoms with van der Waals surface area (Å²) in [5.41, 5.74) is 1.58. The Labute approximate surface area is 107 Å². The number of hydrogen-bond acceptors (Lipinski definition) is 4. The van der Waals surface area contributed by atoms with Gasteiger partial charge < -0.3 is 0 Å². The number of nitrogens with zero attached hydrogens (tertiary/aromatic N) is 2. The van der Waals surface area contributed by atoms with Crippen LogP contribution in [0, 0.1) is 0 Å². The van der Waals surface area contributed by atoms with E-state index >= 15 is 0 Å². The van der Waals surface area contributed by atoms with Gasteiger partial charge in [0.05, 0.1) is 11.0 Å². The van der Waals surface area contributed by atoms with Crippen molar-refractivity contribution in [2.45, 2.75) is 44.1 Å². The monoisotopic (exact) mass is 252 g/mol. The Morgan fingerprint density at radius 2 is 2.12 bits per heavy atom. The largest absolute Gasteiger partial charge is 0.297 e. The van der Waals surface area contributed by atoms with Crippen molar-refractivity contribution < 1.29 is 4.79 Å². The van der Waals surface area contributed by atoms with Gasteiger partial charge in [0.15, 0.2) is 5.78 Å². The third-order valence-corrected chi connectivity index (χ3v) is 4.65. The first-order chi connectivity index (χ1) is 8.15. The molecule has 0 aromatic carbocycles. The first-order valence-electron chi connectivity index (χ1n) is 6.23. The van der Waals surface area contributed by atoms with E-state index in [0.717, 1.165) is 17.7 Å². The van der Waals surface area contributed by atoms with Crippen LogP contribution in [0.4, 0.5) is 0 Å². The molecule has 94 valence electrons. The molecule has 0 amide bonds. The van der Waals surface area contributed by atoms with E-state index in [4.69, 9.17) is 0 Å². The number of aromatic nitrogens is 1. The van der Waals surface area contributed by atoms with Crippen molar-refractivity contribution in [1.82, 2.24) is 9.88 Å². The zero-order valence-electron chi connectivity index (χ0n) is 10.6. The van der Waals surface area contributed by atoms with Gasteiger partial charge in [0, 0.05) is 17.5 Å². The van der Waals surface area contributed by atoms with Gasteiger partial charge in [-0.15, -0.1) is 11.3 Å². The highest BCUT2D eigenvalue weighted by atomic mass is 32.1. The molecule has 1 saturated carbocycles. The zero-order chi connectivity index (χ0) is 12.3. The van der Waals surface area contributed by atoms with Gasteiger partial charge in [-0.2, -0.15) is 0 Å². The summed E-state index contributed by atoms with van der Waals surface area (Å²) >= 11 is 1.58. The Hall–Kier alpha value is -0.740. The molecule has 0 atom stereocenters. The number of Topliss-reactive ketones (excluding diaryl/α,β-unsaturated/α-hetero) is 1. The van der Waals surface area contributed by atoms with E-state index in [1.807, 2.05) is 20.3 Å². The van der Waals surface area contributed by atoms with Gasteiger partial charge >= 0.3 is 0 Å². The fourth-order valence-electron chi connectivity index (χ4n) is 2.76. The lowest BCUT2D eigenvalue weighted by molar-refractivity contribution is -0.131. The molecule has 1 aromatic rings. The lowest BCUT2D eigenvalue weighted by Crippen LogP contribution is -2.53. The summed E-state index contributed by atoms with van der Waals surface area (Å²) in [6.07, 6.45) is 8.00. The van der Waals surface area contributed by atoms with Crippen LogP contribution in [0.2, 0.25) is 0 Å². The van der Waals surface area contributed by atoms with Gasteiger partial charge in [0.25, 0.3) is 0 Å². The Balaban J connectivity index is 2.13. The Kier molecular flexibility index (Phi) is 3.94. The molecular formula is C13H20N2OS. The van der Waals surface area contributed by atoms with Gasteiger partial charge in [-0.1, -0.05) is 19.3 Å². The first-order valence-corrected chi connectivity index (χ1v) is 7.11. The summed E-state index contributed by atoms with van der Waals surface area (Å²) in [5.74, 6) is 0.367. The maximum absolute atomic E-state index is 12.6. The van der Waals surface area contributed by atoms with E-state index in [1.165, 1.54) is 19.3 Å². The average Bonchev–Trinajstić information content (AvgIpc) is 2.82. The van der Waals surface area contributed by atoms with Crippen molar-refractivity contribution in [2.24, 2.45) is 0 Å². The fraction of sp³-hybridized carbons (Fsp3) is 0.692. The van der Waals surface area contributed by atoms with Crippen LogP contribution in [0.5, 0.6) is 0 Å². The number of likely N-dealkylation sites (N-methyl/N-ethyl adjacent to an activating group) is 1. The molecule has 1 heterocycles. The van der Waals surface area contributed by atoms with E-state index in [-0.39, 0.29) is 5.54 Å². The minimum Gasteiger partial charge on any atom is -0.297 e. The van der Waals surface area contributed by atoms with E-state index in [9.17, 15) is 4.79 Å². The standard InChI is InChI=1S/C13H20N2OS/c1-15(2)13(6-4-3-5-7-13)12(16)8-11-9-14-10-17-11/h9-10H,3-8H2,1-2H3. The van der Waals surface area contributed by atoms with Gasteiger partial charge in [-0.3, -0.25) is 14.7 Å². The van der Waals surface area contributed by atoms with Crippen LogP contribution in [0.25, 0.3) is 0 Å². The zero-order valence-corrected chi connectivity index (χ0v) is 11.4. The Bertz CT molecular complexity index is 367. The average molecular weight is 252 g/mol. The number of hydrogen-bond donors (Lipinski definition) is 0. The maximum Gasteiger partial charge on any atom is 0.158 e. The van der Waals surface area contributed by atoms with Crippen LogP contribution in [0.1, 0.15) is 37.0 Å². The highest BCUT2D eigenvalue weighted by Crippen LogP contribution is 2.34. The van der Waals surface area contributed by atoms with E-state index in [1.54, 1.807) is 16.8 Å². The van der Waals surface area contributed by atoms with Crippen LogP contribution in [-0.2, 0) is 11.2 Å². The molecule has 1 fully saturated rings. The summed E-state index contributed by atoms with van der Waals surface area (Å²) in [4.78, 5) is 19.8. The van der Waals surface area contributed by atoms with Crippen molar-refractivity contribution in [3.63, 3.8) is 0 Å². The molecular weight excluding hydrogens is 232 g/mol. The van der Waals surface area contributed by atoms with Crippen LogP contribution < -0.4 is 0 Å². The second-order valence-electron chi connectivity index (χ2n) is 5.05. The molecule has 0 N–H and O–H groups in total. The molecule has 1 aromatic heterocycles. The smallest absolute Gasteiger partial charge is 0.158 e. The topological polar surface area (TPSA) is 33.2 Å². The molecule has 0 bridgehead atoms. The summed E-state index contributed by atoms with van der Waals surface area (Å²) in [5, 5.41) is 0. The molecule has 0 spiro atoms. The molecule has 17 heavy (non-hydrogen) atoms. The minimum absolute atomic E-state index is 0.220. The van der Waals surface area contributed by atoms with E-state index in [0.29, 0.717) is 12.2 Å². The summed E-state index contributed by atoms with van der Waals surface area (Å²) < 4.78 is 0. The molecule has 2 rings (SSSR count). The van der Waals surface area contributed by atoms with Crippen LogP contribution in [0.15, 0.2) is 11.7 Å². The summed E-state index contributed by atoms with van der Waals surface area (Å²) in [7, 11) is 4.08. The fourth-order valence-corrected chi connectivity index (χ4v) is 3.36. The number of ketones is 1. The number of carbonyl (C=O) groups is 1.